The van der Waals surface area contributed by atoms with Crippen LogP contribution in [0.4, 0.5) is 0 Å². The summed E-state index contributed by atoms with van der Waals surface area (Å²) in [6.45, 7) is 4.87. The van der Waals surface area contributed by atoms with Crippen LogP contribution in [0.3, 0.4) is 0 Å². The van der Waals surface area contributed by atoms with Crippen molar-refractivity contribution in [2.75, 3.05) is 6.54 Å². The molecule has 0 unspecified atom stereocenters. The minimum atomic E-state index is -0.760. The van der Waals surface area contributed by atoms with Crippen molar-refractivity contribution in [3.8, 4) is 0 Å². The average molecular weight is 507 g/mol. The predicted octanol–water partition coefficient (Wildman–Crippen LogP) is 6.49. The van der Waals surface area contributed by atoms with Gasteiger partial charge < -0.3 is 10.8 Å². The van der Waals surface area contributed by atoms with Crippen LogP contribution in [0.1, 0.15) is 70.6 Å². The predicted molar refractivity (Wildman–Crippen MR) is 155 cm³/mol. The van der Waals surface area contributed by atoms with Crippen LogP contribution in [0.2, 0.25) is 0 Å². The summed E-state index contributed by atoms with van der Waals surface area (Å²) in [5.41, 5.74) is 11.4. The van der Waals surface area contributed by atoms with E-state index >= 15 is 0 Å². The molecular formula is C34H38N2O2. The van der Waals surface area contributed by atoms with Crippen LogP contribution < -0.4 is 5.73 Å². The van der Waals surface area contributed by atoms with E-state index in [4.69, 9.17) is 5.73 Å². The smallest absolute Gasteiger partial charge is 0.248 e. The normalized spacial score (nSPS) is 13.7. The number of rotatable bonds is 12. The molecule has 38 heavy (non-hydrogen) atoms. The molecular weight excluding hydrogens is 468 g/mol. The monoisotopic (exact) mass is 506 g/mol. The third kappa shape index (κ3) is 7.18. The number of hydrogen-bond donors (Lipinski definition) is 2. The standard InChI is InChI=1S/C34H38N2O2/c1-25(18-19-27-12-6-3-7-13-27)36(26(2)29-16-10-5-11-17-29)24-33(37)31-21-20-30(32(23-31)34(35)38)22-28-14-8-4-9-15-28/h3-17,20-21,23,25-26,33,37H,18-19,22,24H2,1-2H3,(H2,35,38)/t25-,26-,33+/m1/s1. The Balaban J connectivity index is 1.55. The van der Waals surface area contributed by atoms with Gasteiger partial charge in [0.2, 0.25) is 5.91 Å². The number of aliphatic hydroxyl groups is 1. The molecule has 0 heterocycles. The van der Waals surface area contributed by atoms with Crippen molar-refractivity contribution in [2.24, 2.45) is 5.73 Å². The zero-order chi connectivity index (χ0) is 26.9. The van der Waals surface area contributed by atoms with Gasteiger partial charge in [-0.3, -0.25) is 9.69 Å². The molecule has 4 rings (SSSR count). The Labute approximate surface area is 226 Å². The molecule has 3 N–H and O–H groups in total. The first-order chi connectivity index (χ1) is 18.4. The van der Waals surface area contributed by atoms with Gasteiger partial charge in [-0.25, -0.2) is 0 Å². The number of primary amides is 1. The van der Waals surface area contributed by atoms with Crippen molar-refractivity contribution in [3.05, 3.63) is 143 Å². The maximum atomic E-state index is 12.4. The highest BCUT2D eigenvalue weighted by atomic mass is 16.3. The van der Waals surface area contributed by atoms with Crippen LogP contribution >= 0.6 is 0 Å². The van der Waals surface area contributed by atoms with Gasteiger partial charge in [0.25, 0.3) is 0 Å². The molecule has 3 atom stereocenters. The van der Waals surface area contributed by atoms with Gasteiger partial charge in [0.1, 0.15) is 0 Å². The maximum Gasteiger partial charge on any atom is 0.248 e. The molecule has 0 spiro atoms. The van der Waals surface area contributed by atoms with Crippen LogP contribution in [0.15, 0.2) is 109 Å². The Hall–Kier alpha value is -3.73. The summed E-state index contributed by atoms with van der Waals surface area (Å²) >= 11 is 0. The molecule has 4 aromatic carbocycles. The summed E-state index contributed by atoms with van der Waals surface area (Å²) in [6, 6.07) is 36.9. The molecule has 0 aromatic heterocycles. The number of amides is 1. The van der Waals surface area contributed by atoms with Crippen molar-refractivity contribution >= 4 is 5.91 Å². The third-order valence-electron chi connectivity index (χ3n) is 7.44. The van der Waals surface area contributed by atoms with E-state index in [9.17, 15) is 9.90 Å². The van der Waals surface area contributed by atoms with Crippen molar-refractivity contribution in [1.29, 1.82) is 0 Å². The van der Waals surface area contributed by atoms with Crippen LogP contribution in [0.25, 0.3) is 0 Å². The minimum absolute atomic E-state index is 0.115. The fourth-order valence-electron chi connectivity index (χ4n) is 5.13. The van der Waals surface area contributed by atoms with E-state index in [1.165, 1.54) is 11.1 Å². The van der Waals surface area contributed by atoms with E-state index in [0.717, 1.165) is 24.0 Å². The Morgan fingerprint density at radius 1 is 0.789 bits per heavy atom. The minimum Gasteiger partial charge on any atom is -0.387 e. The largest absolute Gasteiger partial charge is 0.387 e. The maximum absolute atomic E-state index is 12.4. The van der Waals surface area contributed by atoms with E-state index in [1.54, 1.807) is 6.07 Å². The van der Waals surface area contributed by atoms with Crippen LogP contribution in [-0.4, -0.2) is 28.5 Å². The topological polar surface area (TPSA) is 66.6 Å². The van der Waals surface area contributed by atoms with Gasteiger partial charge in [0.05, 0.1) is 6.10 Å². The summed E-state index contributed by atoms with van der Waals surface area (Å²) in [7, 11) is 0. The molecule has 196 valence electrons. The van der Waals surface area contributed by atoms with Crippen molar-refractivity contribution < 1.29 is 9.90 Å². The molecule has 0 aliphatic carbocycles. The number of nitrogens with zero attached hydrogens (tertiary/aromatic N) is 1. The summed E-state index contributed by atoms with van der Waals surface area (Å²) < 4.78 is 0. The van der Waals surface area contributed by atoms with Crippen molar-refractivity contribution in [3.63, 3.8) is 0 Å². The Kier molecular flexibility index (Phi) is 9.47. The Morgan fingerprint density at radius 3 is 1.97 bits per heavy atom. The fraction of sp³-hybridized carbons (Fsp3) is 0.265. The Morgan fingerprint density at radius 2 is 1.37 bits per heavy atom. The molecule has 1 amide bonds. The molecule has 0 aliphatic heterocycles. The zero-order valence-corrected chi connectivity index (χ0v) is 22.3. The van der Waals surface area contributed by atoms with Crippen LogP contribution in [-0.2, 0) is 12.8 Å². The van der Waals surface area contributed by atoms with Crippen molar-refractivity contribution in [2.45, 2.75) is 51.3 Å². The number of aliphatic hydroxyl groups excluding tert-OH is 1. The first-order valence-electron chi connectivity index (χ1n) is 13.4. The lowest BCUT2D eigenvalue weighted by atomic mass is 9.94. The second kappa shape index (κ2) is 13.2. The van der Waals surface area contributed by atoms with Crippen molar-refractivity contribution in [1.82, 2.24) is 4.90 Å². The SMILES string of the molecule is C[C@H](CCc1ccccc1)N(C[C@H](O)c1ccc(Cc2ccccc2)c(C(N)=O)c1)[C@H](C)c1ccccc1. The number of aryl methyl sites for hydroxylation is 1. The van der Waals surface area contributed by atoms with E-state index in [1.807, 2.05) is 54.6 Å². The summed E-state index contributed by atoms with van der Waals surface area (Å²) in [4.78, 5) is 14.7. The zero-order valence-electron chi connectivity index (χ0n) is 22.3. The Bertz CT molecular complexity index is 1290. The molecule has 0 aliphatic rings. The molecule has 4 heteroatoms. The van der Waals surface area contributed by atoms with Crippen LogP contribution in [0.5, 0.6) is 0 Å². The molecule has 4 nitrogen and oxygen atoms in total. The van der Waals surface area contributed by atoms with E-state index in [2.05, 4.69) is 67.3 Å². The number of carbonyl (C=O) groups excluding carboxylic acids is 1. The molecule has 0 saturated carbocycles. The van der Waals surface area contributed by atoms with Gasteiger partial charge >= 0.3 is 0 Å². The third-order valence-corrected chi connectivity index (χ3v) is 7.44. The second-order valence-electron chi connectivity index (χ2n) is 10.1. The molecule has 0 radical (unpaired) electrons. The number of benzene rings is 4. The van der Waals surface area contributed by atoms with Gasteiger partial charge in [-0.2, -0.15) is 0 Å². The van der Waals surface area contributed by atoms with E-state index in [-0.39, 0.29) is 12.1 Å². The molecule has 4 aromatic rings. The number of nitrogens with two attached hydrogens (primary N) is 1. The first kappa shape index (κ1) is 27.3. The van der Waals surface area contributed by atoms with Crippen LogP contribution in [0, 0.1) is 0 Å². The van der Waals surface area contributed by atoms with Gasteiger partial charge in [0, 0.05) is 24.2 Å². The van der Waals surface area contributed by atoms with E-state index in [0.29, 0.717) is 24.1 Å². The summed E-state index contributed by atoms with van der Waals surface area (Å²) in [5, 5.41) is 11.4. The molecule has 0 saturated heterocycles. The quantitative estimate of drug-likeness (QED) is 0.231. The lowest BCUT2D eigenvalue weighted by Crippen LogP contribution is -2.39. The van der Waals surface area contributed by atoms with Gasteiger partial charge in [0.15, 0.2) is 0 Å². The van der Waals surface area contributed by atoms with Gasteiger partial charge in [-0.05, 0) is 67.0 Å². The molecule has 0 fully saturated rings. The number of hydrogen-bond acceptors (Lipinski definition) is 3. The second-order valence-corrected chi connectivity index (χ2v) is 10.1. The summed E-state index contributed by atoms with van der Waals surface area (Å²) in [6.07, 6.45) is 1.79. The number of carbonyl (C=O) groups is 1. The average Bonchev–Trinajstić information content (AvgIpc) is 2.95. The lowest BCUT2D eigenvalue weighted by molar-refractivity contribution is 0.0623. The highest BCUT2D eigenvalue weighted by Gasteiger charge is 2.25. The summed E-state index contributed by atoms with van der Waals surface area (Å²) in [5.74, 6) is -0.476. The van der Waals surface area contributed by atoms with Gasteiger partial charge in [-0.1, -0.05) is 103 Å². The fourth-order valence-corrected chi connectivity index (χ4v) is 5.13. The lowest BCUT2D eigenvalue weighted by Gasteiger charge is -2.36. The highest BCUT2D eigenvalue weighted by molar-refractivity contribution is 5.94. The van der Waals surface area contributed by atoms with Gasteiger partial charge in [-0.15, -0.1) is 0 Å². The first-order valence-corrected chi connectivity index (χ1v) is 13.4. The highest BCUT2D eigenvalue weighted by Crippen LogP contribution is 2.29. The van der Waals surface area contributed by atoms with E-state index < -0.39 is 12.0 Å². The molecule has 0 bridgehead atoms.